The Labute approximate surface area is 62.3 Å². The van der Waals surface area contributed by atoms with Crippen LogP contribution in [0.4, 0.5) is 0 Å². The molecule has 0 aliphatic carbocycles. The number of rotatable bonds is 5. The van der Waals surface area contributed by atoms with Crippen LogP contribution in [0.5, 0.6) is 0 Å². The zero-order valence-electron chi connectivity index (χ0n) is 6.74. The van der Waals surface area contributed by atoms with Crippen molar-refractivity contribution in [3.63, 3.8) is 0 Å². The summed E-state index contributed by atoms with van der Waals surface area (Å²) in [5.74, 6) is 0.266. The molecule has 0 unspecified atom stereocenters. The summed E-state index contributed by atoms with van der Waals surface area (Å²) < 4.78 is 0. The standard InChI is InChI=1S/C8H15NO/c1-7(2)6-8(10)4-5-9-3/h9H,1,4-6H2,2-3H3. The average Bonchev–Trinajstić information content (AvgIpc) is 1.82. The highest BCUT2D eigenvalue weighted by atomic mass is 16.1. The fourth-order valence-corrected chi connectivity index (χ4v) is 0.689. The predicted molar refractivity (Wildman–Crippen MR) is 43.0 cm³/mol. The van der Waals surface area contributed by atoms with Gasteiger partial charge < -0.3 is 5.32 Å². The number of carbonyl (C=O) groups is 1. The fourth-order valence-electron chi connectivity index (χ4n) is 0.689. The van der Waals surface area contributed by atoms with Crippen molar-refractivity contribution in [2.24, 2.45) is 0 Å². The summed E-state index contributed by atoms with van der Waals surface area (Å²) in [6, 6.07) is 0. The van der Waals surface area contributed by atoms with Gasteiger partial charge in [-0.3, -0.25) is 4.79 Å². The predicted octanol–water partition coefficient (Wildman–Crippen LogP) is 1.13. The highest BCUT2D eigenvalue weighted by Crippen LogP contribution is 1.98. The van der Waals surface area contributed by atoms with Crippen LogP contribution in [0, 0.1) is 0 Å². The van der Waals surface area contributed by atoms with Crippen molar-refractivity contribution in [1.29, 1.82) is 0 Å². The molecule has 58 valence electrons. The summed E-state index contributed by atoms with van der Waals surface area (Å²) in [6.45, 7) is 6.30. The highest BCUT2D eigenvalue weighted by molar-refractivity contribution is 5.80. The second-order valence-corrected chi connectivity index (χ2v) is 2.53. The van der Waals surface area contributed by atoms with E-state index in [-0.39, 0.29) is 5.78 Å². The first-order valence-electron chi connectivity index (χ1n) is 3.47. The number of ketones is 1. The van der Waals surface area contributed by atoms with E-state index in [0.717, 1.165) is 12.1 Å². The summed E-state index contributed by atoms with van der Waals surface area (Å²) >= 11 is 0. The van der Waals surface area contributed by atoms with E-state index in [2.05, 4.69) is 11.9 Å². The van der Waals surface area contributed by atoms with Gasteiger partial charge in [-0.15, -0.1) is 0 Å². The van der Waals surface area contributed by atoms with Crippen LogP contribution in [0.3, 0.4) is 0 Å². The van der Waals surface area contributed by atoms with Gasteiger partial charge in [0.2, 0.25) is 0 Å². The van der Waals surface area contributed by atoms with Crippen molar-refractivity contribution >= 4 is 5.78 Å². The average molecular weight is 141 g/mol. The summed E-state index contributed by atoms with van der Waals surface area (Å²) in [6.07, 6.45) is 1.14. The molecule has 0 radical (unpaired) electrons. The molecule has 1 N–H and O–H groups in total. The van der Waals surface area contributed by atoms with Gasteiger partial charge >= 0.3 is 0 Å². The monoisotopic (exact) mass is 141 g/mol. The lowest BCUT2D eigenvalue weighted by Gasteiger charge is -1.98. The molecule has 2 nitrogen and oxygen atoms in total. The molecule has 0 heterocycles. The van der Waals surface area contributed by atoms with Gasteiger partial charge in [-0.05, 0) is 14.0 Å². The summed E-state index contributed by atoms with van der Waals surface area (Å²) in [7, 11) is 1.84. The van der Waals surface area contributed by atoms with E-state index >= 15 is 0 Å². The second-order valence-electron chi connectivity index (χ2n) is 2.53. The Morgan fingerprint density at radius 2 is 2.20 bits per heavy atom. The maximum atomic E-state index is 10.9. The van der Waals surface area contributed by atoms with Crippen molar-refractivity contribution in [2.45, 2.75) is 19.8 Å². The van der Waals surface area contributed by atoms with Crippen LogP contribution in [-0.4, -0.2) is 19.4 Å². The van der Waals surface area contributed by atoms with Crippen LogP contribution in [-0.2, 0) is 4.79 Å². The van der Waals surface area contributed by atoms with Crippen LogP contribution in [0.15, 0.2) is 12.2 Å². The highest BCUT2D eigenvalue weighted by Gasteiger charge is 1.99. The first-order chi connectivity index (χ1) is 4.66. The molecule has 0 aliphatic heterocycles. The number of hydrogen-bond acceptors (Lipinski definition) is 2. The van der Waals surface area contributed by atoms with Crippen molar-refractivity contribution in [3.8, 4) is 0 Å². The molecule has 10 heavy (non-hydrogen) atoms. The zero-order valence-corrected chi connectivity index (χ0v) is 6.74. The molecular formula is C8H15NO. The zero-order chi connectivity index (χ0) is 7.98. The summed E-state index contributed by atoms with van der Waals surface area (Å²) in [5, 5.41) is 2.92. The molecular weight excluding hydrogens is 126 g/mol. The SMILES string of the molecule is C=C(C)CC(=O)CCNC. The number of Topliss-reactive ketones (excluding diaryl/α,β-unsaturated/α-hetero) is 1. The maximum absolute atomic E-state index is 10.9. The smallest absolute Gasteiger partial charge is 0.138 e. The lowest BCUT2D eigenvalue weighted by molar-refractivity contribution is -0.118. The Balaban J connectivity index is 3.35. The van der Waals surface area contributed by atoms with E-state index in [1.54, 1.807) is 0 Å². The van der Waals surface area contributed by atoms with Crippen LogP contribution in [0.25, 0.3) is 0 Å². The lowest BCUT2D eigenvalue weighted by Crippen LogP contribution is -2.12. The van der Waals surface area contributed by atoms with E-state index in [9.17, 15) is 4.79 Å². The third kappa shape index (κ3) is 5.51. The Bertz CT molecular complexity index is 129. The first-order valence-corrected chi connectivity index (χ1v) is 3.47. The number of hydrogen-bond donors (Lipinski definition) is 1. The van der Waals surface area contributed by atoms with E-state index in [1.165, 1.54) is 0 Å². The Morgan fingerprint density at radius 1 is 1.60 bits per heavy atom. The van der Waals surface area contributed by atoms with Crippen molar-refractivity contribution in [1.82, 2.24) is 5.32 Å². The van der Waals surface area contributed by atoms with E-state index in [0.29, 0.717) is 12.8 Å². The third-order valence-corrected chi connectivity index (χ3v) is 1.15. The molecule has 0 fully saturated rings. The molecule has 0 spiro atoms. The number of allylic oxidation sites excluding steroid dienone is 1. The van der Waals surface area contributed by atoms with Gasteiger partial charge in [-0.1, -0.05) is 12.2 Å². The first kappa shape index (κ1) is 9.37. The molecule has 0 saturated carbocycles. The quantitative estimate of drug-likeness (QED) is 0.581. The molecule has 0 aromatic heterocycles. The van der Waals surface area contributed by atoms with Crippen molar-refractivity contribution in [3.05, 3.63) is 12.2 Å². The molecule has 0 atom stereocenters. The van der Waals surface area contributed by atoms with Gasteiger partial charge in [-0.2, -0.15) is 0 Å². The lowest BCUT2D eigenvalue weighted by atomic mass is 10.1. The van der Waals surface area contributed by atoms with Gasteiger partial charge in [0.05, 0.1) is 0 Å². The van der Waals surface area contributed by atoms with Crippen LogP contribution in [0.2, 0.25) is 0 Å². The molecule has 0 aromatic carbocycles. The Morgan fingerprint density at radius 3 is 2.60 bits per heavy atom. The minimum atomic E-state index is 0.266. The topological polar surface area (TPSA) is 29.1 Å². The van der Waals surface area contributed by atoms with Gasteiger partial charge in [0.25, 0.3) is 0 Å². The summed E-state index contributed by atoms with van der Waals surface area (Å²) in [4.78, 5) is 10.9. The largest absolute Gasteiger partial charge is 0.319 e. The molecule has 0 rings (SSSR count). The van der Waals surface area contributed by atoms with Crippen molar-refractivity contribution in [2.75, 3.05) is 13.6 Å². The molecule has 0 bridgehead atoms. The molecule has 2 heteroatoms. The Kier molecular flexibility index (Phi) is 4.85. The van der Waals surface area contributed by atoms with Crippen LogP contribution >= 0.6 is 0 Å². The van der Waals surface area contributed by atoms with E-state index < -0.39 is 0 Å². The minimum Gasteiger partial charge on any atom is -0.319 e. The van der Waals surface area contributed by atoms with Gasteiger partial charge in [0.15, 0.2) is 0 Å². The van der Waals surface area contributed by atoms with Crippen molar-refractivity contribution < 1.29 is 4.79 Å². The van der Waals surface area contributed by atoms with E-state index in [4.69, 9.17) is 0 Å². The molecule has 0 saturated heterocycles. The summed E-state index contributed by atoms with van der Waals surface area (Å²) in [5.41, 5.74) is 0.945. The second kappa shape index (κ2) is 5.18. The number of nitrogens with one attached hydrogen (secondary N) is 1. The van der Waals surface area contributed by atoms with Crippen LogP contribution in [0.1, 0.15) is 19.8 Å². The van der Waals surface area contributed by atoms with Gasteiger partial charge in [-0.25, -0.2) is 0 Å². The minimum absolute atomic E-state index is 0.266. The van der Waals surface area contributed by atoms with Crippen LogP contribution < -0.4 is 5.32 Å². The number of carbonyl (C=O) groups excluding carboxylic acids is 1. The maximum Gasteiger partial charge on any atom is 0.138 e. The fraction of sp³-hybridized carbons (Fsp3) is 0.625. The third-order valence-electron chi connectivity index (χ3n) is 1.15. The molecule has 0 aliphatic rings. The normalized spacial score (nSPS) is 9.40. The molecule has 0 aromatic rings. The van der Waals surface area contributed by atoms with Gasteiger partial charge in [0.1, 0.15) is 5.78 Å². The Hall–Kier alpha value is -0.630. The van der Waals surface area contributed by atoms with Gasteiger partial charge in [0, 0.05) is 19.4 Å². The molecule has 0 amide bonds. The van der Waals surface area contributed by atoms with E-state index in [1.807, 2.05) is 14.0 Å².